The second-order valence-corrected chi connectivity index (χ2v) is 12.8. The normalized spacial score (nSPS) is 13.7. The highest BCUT2D eigenvalue weighted by Gasteiger charge is 2.33. The van der Waals surface area contributed by atoms with Gasteiger partial charge in [0.15, 0.2) is 0 Å². The predicted octanol–water partition coefficient (Wildman–Crippen LogP) is -2.05. The third-order valence-corrected chi connectivity index (χ3v) is 8.59. The van der Waals surface area contributed by atoms with Crippen molar-refractivity contribution in [1.82, 2.24) is 41.5 Å². The van der Waals surface area contributed by atoms with Crippen LogP contribution in [0.5, 0.6) is 5.75 Å². The molecule has 4 rings (SSSR count). The zero-order chi connectivity index (χ0) is 40.8. The van der Waals surface area contributed by atoms with Gasteiger partial charge in [-0.15, -0.1) is 0 Å². The number of aromatic hydroxyl groups is 1. The highest BCUT2D eigenvalue weighted by Crippen LogP contribution is 2.20. The molecule has 0 radical (unpaired) electrons. The fraction of sp³-hybridized carbons (Fsp3) is 0.333. The summed E-state index contributed by atoms with van der Waals surface area (Å²) in [4.78, 5) is 99.2. The van der Waals surface area contributed by atoms with Crippen molar-refractivity contribution in [3.8, 4) is 5.75 Å². The Morgan fingerprint density at radius 3 is 1.95 bits per heavy atom. The highest BCUT2D eigenvalue weighted by molar-refractivity contribution is 5.97. The molecule has 0 fully saturated rings. The van der Waals surface area contributed by atoms with Crippen LogP contribution in [-0.2, 0) is 52.8 Å². The van der Waals surface area contributed by atoms with Crippen molar-refractivity contribution in [3.05, 3.63) is 84.1 Å². The van der Waals surface area contributed by atoms with Crippen molar-refractivity contribution in [2.45, 2.75) is 62.3 Å². The SMILES string of the molecule is N[C@@H](CCC(=O)O)C(=O)N[C@@H](Cc1cnc[nH]1)C(=O)N[C@@H](Cc1c[nH]c2ccccc12)C(=O)N[C@H](CO)C(=O)N[C@@H](Cc1ccc(O)cc1)C(=O)NCC(=O)O. The summed E-state index contributed by atoms with van der Waals surface area (Å²) in [6, 6.07) is 5.68. The average molecular weight is 778 g/mol. The van der Waals surface area contributed by atoms with Crippen molar-refractivity contribution in [2.24, 2.45) is 5.73 Å². The summed E-state index contributed by atoms with van der Waals surface area (Å²) in [5.74, 6) is -7.09. The summed E-state index contributed by atoms with van der Waals surface area (Å²) >= 11 is 0. The van der Waals surface area contributed by atoms with Crippen LogP contribution in [-0.4, -0.2) is 120 Å². The van der Waals surface area contributed by atoms with Crippen molar-refractivity contribution in [2.75, 3.05) is 13.2 Å². The largest absolute Gasteiger partial charge is 0.508 e. The van der Waals surface area contributed by atoms with Crippen LogP contribution in [0, 0.1) is 0 Å². The Balaban J connectivity index is 1.57. The number of phenols is 1. The fourth-order valence-corrected chi connectivity index (χ4v) is 5.62. The number of para-hydroxylation sites is 1. The minimum absolute atomic E-state index is 0.0590. The van der Waals surface area contributed by atoms with Crippen molar-refractivity contribution >= 4 is 52.4 Å². The van der Waals surface area contributed by atoms with E-state index in [4.69, 9.17) is 15.9 Å². The second kappa shape index (κ2) is 20.0. The van der Waals surface area contributed by atoms with Crippen molar-refractivity contribution in [3.63, 3.8) is 0 Å². The Kier molecular flexibility index (Phi) is 15.0. The predicted molar refractivity (Wildman–Crippen MR) is 196 cm³/mol. The number of rotatable bonds is 21. The number of carbonyl (C=O) groups excluding carboxylic acids is 5. The van der Waals surface area contributed by atoms with E-state index >= 15 is 0 Å². The molecule has 5 amide bonds. The van der Waals surface area contributed by atoms with Gasteiger partial charge in [-0.25, -0.2) is 4.98 Å². The molecule has 0 aliphatic rings. The van der Waals surface area contributed by atoms with Crippen LogP contribution in [0.4, 0.5) is 0 Å². The van der Waals surface area contributed by atoms with Crippen LogP contribution in [0.1, 0.15) is 29.7 Å². The molecule has 0 bridgehead atoms. The molecule has 0 aliphatic heterocycles. The van der Waals surface area contributed by atoms with Crippen LogP contribution in [0.2, 0.25) is 0 Å². The summed E-state index contributed by atoms with van der Waals surface area (Å²) in [5.41, 5.74) is 8.10. The van der Waals surface area contributed by atoms with Gasteiger partial charge >= 0.3 is 11.9 Å². The smallest absolute Gasteiger partial charge is 0.322 e. The molecule has 56 heavy (non-hydrogen) atoms. The van der Waals surface area contributed by atoms with Crippen LogP contribution in [0.25, 0.3) is 10.9 Å². The van der Waals surface area contributed by atoms with Crippen molar-refractivity contribution < 1.29 is 54.0 Å². The average Bonchev–Trinajstić information content (AvgIpc) is 3.84. The number of nitrogens with one attached hydrogen (secondary N) is 7. The molecule has 13 N–H and O–H groups in total. The number of aliphatic hydroxyl groups is 1. The second-order valence-electron chi connectivity index (χ2n) is 12.8. The number of H-pyrrole nitrogens is 2. The van der Waals surface area contributed by atoms with Gasteiger partial charge < -0.3 is 62.7 Å². The van der Waals surface area contributed by atoms with Gasteiger partial charge in [-0.3, -0.25) is 33.6 Å². The molecule has 2 heterocycles. The Morgan fingerprint density at radius 1 is 0.714 bits per heavy atom. The standard InChI is InChI=1S/C36H43N9O11/c37-24(9-10-30(48)49)32(52)42-28(13-21-15-38-18-41-21)35(55)44-27(12-20-14-39-25-4-2-1-3-23(20)25)34(54)45-29(17-46)36(56)43-26(33(53)40-16-31(50)51)11-19-5-7-22(47)8-6-19/h1-8,14-15,18,24,26-29,39,46-47H,9-13,16-17,37H2,(H,38,41)(H,40,53)(H,42,52)(H,43,56)(H,44,55)(H,45,54)(H,48,49)(H,50,51)/t24-,26-,27-,28-,29+/m0/s1. The van der Waals surface area contributed by atoms with E-state index in [-0.39, 0.29) is 31.4 Å². The number of nitrogens with zero attached hydrogens (tertiary/aromatic N) is 1. The van der Waals surface area contributed by atoms with Gasteiger partial charge in [0.25, 0.3) is 0 Å². The number of aromatic amines is 2. The number of nitrogens with two attached hydrogens (primary N) is 1. The van der Waals surface area contributed by atoms with Gasteiger partial charge in [0.2, 0.25) is 29.5 Å². The van der Waals surface area contributed by atoms with Gasteiger partial charge in [0.1, 0.15) is 36.5 Å². The maximum Gasteiger partial charge on any atom is 0.322 e. The van der Waals surface area contributed by atoms with Crippen LogP contribution >= 0.6 is 0 Å². The molecule has 4 aromatic rings. The number of aliphatic carboxylic acids is 2. The molecular weight excluding hydrogens is 734 g/mol. The molecular formula is C36H43N9O11. The molecule has 298 valence electrons. The molecule has 2 aromatic heterocycles. The number of carboxylic acids is 2. The number of hydrogen-bond donors (Lipinski definition) is 12. The zero-order valence-electron chi connectivity index (χ0n) is 29.9. The minimum atomic E-state index is -1.67. The lowest BCUT2D eigenvalue weighted by Gasteiger charge is -2.26. The highest BCUT2D eigenvalue weighted by atomic mass is 16.4. The van der Waals surface area contributed by atoms with E-state index in [1.807, 2.05) is 0 Å². The van der Waals surface area contributed by atoms with E-state index in [9.17, 15) is 43.8 Å². The molecule has 2 aromatic carbocycles. The number of phenolic OH excluding ortho intramolecular Hbond substituents is 1. The van der Waals surface area contributed by atoms with Gasteiger partial charge in [-0.05, 0) is 35.7 Å². The van der Waals surface area contributed by atoms with Crippen LogP contribution in [0.15, 0.2) is 67.3 Å². The summed E-state index contributed by atoms with van der Waals surface area (Å²) in [6.45, 7) is -1.72. The van der Waals surface area contributed by atoms with Crippen molar-refractivity contribution in [1.29, 1.82) is 0 Å². The number of fused-ring (bicyclic) bond motifs is 1. The van der Waals surface area contributed by atoms with E-state index in [0.717, 1.165) is 5.52 Å². The van der Waals surface area contributed by atoms with E-state index in [0.29, 0.717) is 22.2 Å². The monoisotopic (exact) mass is 777 g/mol. The number of imidazole rings is 1. The van der Waals surface area contributed by atoms with E-state index in [2.05, 4.69) is 41.5 Å². The summed E-state index contributed by atoms with van der Waals surface area (Å²) in [7, 11) is 0. The number of carbonyl (C=O) groups is 7. The summed E-state index contributed by atoms with van der Waals surface area (Å²) in [5, 5.41) is 50.8. The lowest BCUT2D eigenvalue weighted by molar-refractivity contribution is -0.139. The van der Waals surface area contributed by atoms with Gasteiger partial charge in [0.05, 0.1) is 19.0 Å². The minimum Gasteiger partial charge on any atom is -0.508 e. The topological polar surface area (TPSA) is 331 Å². The molecule has 0 aliphatic carbocycles. The quantitative estimate of drug-likeness (QED) is 0.0434. The molecule has 0 saturated carbocycles. The molecule has 5 atom stereocenters. The third kappa shape index (κ3) is 12.4. The zero-order valence-corrected chi connectivity index (χ0v) is 29.9. The van der Waals surface area contributed by atoms with Crippen LogP contribution < -0.4 is 32.3 Å². The Bertz CT molecular complexity index is 2000. The summed E-state index contributed by atoms with van der Waals surface area (Å²) in [6.07, 6.45) is 3.33. The summed E-state index contributed by atoms with van der Waals surface area (Å²) < 4.78 is 0. The third-order valence-electron chi connectivity index (χ3n) is 8.59. The maximum atomic E-state index is 14.0. The van der Waals surface area contributed by atoms with E-state index in [1.165, 1.54) is 36.8 Å². The molecule has 0 spiro atoms. The first-order valence-corrected chi connectivity index (χ1v) is 17.3. The first-order valence-electron chi connectivity index (χ1n) is 17.3. The maximum absolute atomic E-state index is 14.0. The lowest BCUT2D eigenvalue weighted by atomic mass is 10.0. The molecule has 0 saturated heterocycles. The van der Waals surface area contributed by atoms with Gasteiger partial charge in [-0.2, -0.15) is 0 Å². The number of hydrogen-bond acceptors (Lipinski definition) is 11. The van der Waals surface area contributed by atoms with Gasteiger partial charge in [0, 0.05) is 54.7 Å². The first-order chi connectivity index (χ1) is 26.7. The van der Waals surface area contributed by atoms with E-state index in [1.54, 1.807) is 30.5 Å². The first kappa shape index (κ1) is 41.9. The number of carboxylic acid groups (broad SMARTS) is 2. The molecule has 20 nitrogen and oxygen atoms in total. The van der Waals surface area contributed by atoms with E-state index < -0.39 is 91.3 Å². The fourth-order valence-electron chi connectivity index (χ4n) is 5.62. The van der Waals surface area contributed by atoms with Crippen LogP contribution in [0.3, 0.4) is 0 Å². The number of aromatic nitrogens is 3. The molecule has 0 unspecified atom stereocenters. The number of aliphatic hydroxyl groups excluding tert-OH is 1. The Labute approximate surface area is 318 Å². The Morgan fingerprint density at radius 2 is 1.32 bits per heavy atom. The Hall–Kier alpha value is -6.80. The van der Waals surface area contributed by atoms with Gasteiger partial charge in [-0.1, -0.05) is 30.3 Å². The lowest BCUT2D eigenvalue weighted by Crippen LogP contribution is -2.60. The molecule has 20 heteroatoms. The number of benzene rings is 2. The number of amides is 5.